The van der Waals surface area contributed by atoms with Gasteiger partial charge in [-0.15, -0.1) is 26.3 Å². The molecule has 4 heteroatoms. The van der Waals surface area contributed by atoms with Gasteiger partial charge in [0.2, 0.25) is 0 Å². The maximum absolute atomic E-state index is 12.3. The number of hydrogen-bond donors (Lipinski definition) is 0. The first-order chi connectivity index (χ1) is 17.6. The molecule has 0 spiro atoms. The molecule has 0 radical (unpaired) electrons. The van der Waals surface area contributed by atoms with E-state index >= 15 is 0 Å². The van der Waals surface area contributed by atoms with Crippen LogP contribution in [0, 0.1) is 0 Å². The maximum atomic E-state index is 12.3. The molecule has 0 unspecified atom stereocenters. The third-order valence-corrected chi connectivity index (χ3v) is 5.56. The van der Waals surface area contributed by atoms with Crippen LogP contribution >= 0.6 is 0 Å². The molecule has 0 heterocycles. The van der Waals surface area contributed by atoms with E-state index in [-0.39, 0.29) is 0 Å². The lowest BCUT2D eigenvalue weighted by Gasteiger charge is -2.18. The van der Waals surface area contributed by atoms with Gasteiger partial charge in [-0.2, -0.15) is 0 Å². The molecule has 0 aliphatic heterocycles. The number of carbonyl (C=O) groups is 2. The Morgan fingerprint density at radius 2 is 0.892 bits per heavy atom. The van der Waals surface area contributed by atoms with E-state index in [4.69, 9.17) is 9.47 Å². The molecule has 0 N–H and O–H groups in total. The Bertz CT molecular complexity index is 1100. The van der Waals surface area contributed by atoms with Crippen molar-refractivity contribution in [1.29, 1.82) is 0 Å². The summed E-state index contributed by atoms with van der Waals surface area (Å²) in [4.78, 5) is 24.6. The molecule has 0 atom stereocenters. The predicted molar refractivity (Wildman–Crippen MR) is 152 cm³/mol. The summed E-state index contributed by atoms with van der Waals surface area (Å²) in [6, 6.07) is 8.13. The molecule has 37 heavy (non-hydrogen) atoms. The van der Waals surface area contributed by atoms with Crippen LogP contribution in [-0.2, 0) is 41.7 Å². The van der Waals surface area contributed by atoms with Gasteiger partial charge in [-0.05, 0) is 79.3 Å². The van der Waals surface area contributed by atoms with Crippen LogP contribution in [0.1, 0.15) is 47.2 Å². The van der Waals surface area contributed by atoms with E-state index < -0.39 is 11.9 Å². The van der Waals surface area contributed by atoms with Crippen LogP contribution in [0.15, 0.2) is 99.2 Å². The molecule has 0 amide bonds. The Morgan fingerprint density at radius 3 is 1.11 bits per heavy atom. The van der Waals surface area contributed by atoms with E-state index in [1.807, 2.05) is 24.3 Å². The van der Waals surface area contributed by atoms with Crippen molar-refractivity contribution in [2.45, 2.75) is 46.0 Å². The lowest BCUT2D eigenvalue weighted by molar-refractivity contribution is -0.131. The number of hydrogen-bond acceptors (Lipinski definition) is 4. The van der Waals surface area contributed by atoms with E-state index in [0.717, 1.165) is 33.4 Å². The van der Waals surface area contributed by atoms with Gasteiger partial charge >= 0.3 is 11.9 Å². The van der Waals surface area contributed by atoms with Crippen LogP contribution in [-0.4, -0.2) is 11.9 Å². The van der Waals surface area contributed by atoms with Crippen LogP contribution in [0.2, 0.25) is 0 Å². The molecule has 4 nitrogen and oxygen atoms in total. The van der Waals surface area contributed by atoms with Gasteiger partial charge in [-0.25, -0.2) is 9.59 Å². The van der Waals surface area contributed by atoms with E-state index in [1.54, 1.807) is 38.2 Å². The standard InChI is InChI=1S/C33H36O4/c1-9-13-26-18-24(19-27(14-10-2)30(26)36-32(34)22(5)6)17-25-20-28(15-11-3)31(29(21-25)16-12-4)37-33(35)23(7)8/h9-12,18-21H,1-5,7,13-17H2,6,8H3. The number of esters is 2. The van der Waals surface area contributed by atoms with Gasteiger partial charge in [0, 0.05) is 11.1 Å². The van der Waals surface area contributed by atoms with E-state index in [1.165, 1.54) is 0 Å². The molecule has 2 aromatic carbocycles. The largest absolute Gasteiger partial charge is 0.423 e. The highest BCUT2D eigenvalue weighted by Crippen LogP contribution is 2.32. The number of rotatable bonds is 14. The highest BCUT2D eigenvalue weighted by atomic mass is 16.5. The zero-order chi connectivity index (χ0) is 27.5. The lowest BCUT2D eigenvalue weighted by Crippen LogP contribution is -2.13. The van der Waals surface area contributed by atoms with Crippen molar-refractivity contribution in [3.8, 4) is 11.5 Å². The molecule has 2 aromatic rings. The number of allylic oxidation sites excluding steroid dienone is 4. The Morgan fingerprint density at radius 1 is 0.622 bits per heavy atom. The van der Waals surface area contributed by atoms with Gasteiger partial charge in [-0.3, -0.25) is 0 Å². The molecule has 0 saturated heterocycles. The average Bonchev–Trinajstić information content (AvgIpc) is 2.83. The maximum Gasteiger partial charge on any atom is 0.338 e. The summed E-state index contributed by atoms with van der Waals surface area (Å²) in [6.07, 6.45) is 9.89. The lowest BCUT2D eigenvalue weighted by atomic mass is 9.93. The highest BCUT2D eigenvalue weighted by molar-refractivity contribution is 5.89. The zero-order valence-electron chi connectivity index (χ0n) is 22.0. The molecule has 0 aliphatic rings. The van der Waals surface area contributed by atoms with Crippen LogP contribution in [0.4, 0.5) is 0 Å². The molecule has 0 bridgehead atoms. The number of ether oxygens (including phenoxy) is 2. The van der Waals surface area contributed by atoms with Crippen LogP contribution in [0.5, 0.6) is 11.5 Å². The molecule has 192 valence electrons. The smallest absolute Gasteiger partial charge is 0.338 e. The average molecular weight is 497 g/mol. The van der Waals surface area contributed by atoms with Crippen molar-refractivity contribution in [2.75, 3.05) is 0 Å². The molecular formula is C33H36O4. The predicted octanol–water partition coefficient (Wildman–Crippen LogP) is 7.15. The topological polar surface area (TPSA) is 52.6 Å². The van der Waals surface area contributed by atoms with Gasteiger partial charge in [0.1, 0.15) is 11.5 Å². The third kappa shape index (κ3) is 7.91. The van der Waals surface area contributed by atoms with Crippen molar-refractivity contribution >= 4 is 11.9 Å². The fourth-order valence-corrected chi connectivity index (χ4v) is 3.94. The molecule has 0 saturated carbocycles. The first-order valence-electron chi connectivity index (χ1n) is 12.1. The third-order valence-electron chi connectivity index (χ3n) is 5.56. The summed E-state index contributed by atoms with van der Waals surface area (Å²) in [5.74, 6) is 0.120. The van der Waals surface area contributed by atoms with Gasteiger partial charge < -0.3 is 9.47 Å². The molecule has 2 rings (SSSR count). The first kappa shape index (κ1) is 29.1. The summed E-state index contributed by atoms with van der Waals surface area (Å²) in [5, 5.41) is 0. The summed E-state index contributed by atoms with van der Waals surface area (Å²) in [6.45, 7) is 26.1. The highest BCUT2D eigenvalue weighted by Gasteiger charge is 2.18. The summed E-state index contributed by atoms with van der Waals surface area (Å²) < 4.78 is 11.4. The minimum absolute atomic E-state index is 0.329. The molecular weight excluding hydrogens is 460 g/mol. The van der Waals surface area contributed by atoms with Crippen molar-refractivity contribution in [3.63, 3.8) is 0 Å². The second-order valence-corrected chi connectivity index (χ2v) is 8.97. The van der Waals surface area contributed by atoms with E-state index in [9.17, 15) is 9.59 Å². The van der Waals surface area contributed by atoms with E-state index in [2.05, 4.69) is 39.5 Å². The number of benzene rings is 2. The van der Waals surface area contributed by atoms with Gasteiger partial charge in [0.05, 0.1) is 0 Å². The fraction of sp³-hybridized carbons (Fsp3) is 0.212. The molecule has 0 aromatic heterocycles. The second kappa shape index (κ2) is 13.8. The van der Waals surface area contributed by atoms with Gasteiger partial charge in [0.15, 0.2) is 0 Å². The SMILES string of the molecule is C=CCc1cc(Cc2cc(CC=C)c(OC(=O)C(=C)C)c(CC=C)c2)cc(CC=C)c1OC(=O)C(=C)C. The summed E-state index contributed by atoms with van der Waals surface area (Å²) >= 11 is 0. The zero-order valence-corrected chi connectivity index (χ0v) is 22.0. The van der Waals surface area contributed by atoms with Crippen molar-refractivity contribution in [2.24, 2.45) is 0 Å². The quantitative estimate of drug-likeness (QED) is 0.121. The Kier molecular flexibility index (Phi) is 10.8. The molecule has 0 fully saturated rings. The minimum Gasteiger partial charge on any atom is -0.423 e. The summed E-state index contributed by atoms with van der Waals surface area (Å²) in [5.41, 5.74) is 6.21. The number of carbonyl (C=O) groups excluding carboxylic acids is 2. The Hall–Kier alpha value is -4.18. The van der Waals surface area contributed by atoms with Crippen molar-refractivity contribution < 1.29 is 19.1 Å². The Labute approximate surface area is 221 Å². The van der Waals surface area contributed by atoms with Gasteiger partial charge in [-0.1, -0.05) is 61.7 Å². The Balaban J connectivity index is 2.62. The van der Waals surface area contributed by atoms with Crippen LogP contribution in [0.3, 0.4) is 0 Å². The van der Waals surface area contributed by atoms with E-state index in [0.29, 0.717) is 54.7 Å². The summed E-state index contributed by atoms with van der Waals surface area (Å²) in [7, 11) is 0. The van der Waals surface area contributed by atoms with Crippen molar-refractivity contribution in [1.82, 2.24) is 0 Å². The fourth-order valence-electron chi connectivity index (χ4n) is 3.94. The van der Waals surface area contributed by atoms with Gasteiger partial charge in [0.25, 0.3) is 0 Å². The van der Waals surface area contributed by atoms with Crippen LogP contribution < -0.4 is 9.47 Å². The monoisotopic (exact) mass is 496 g/mol. The normalized spacial score (nSPS) is 10.2. The van der Waals surface area contributed by atoms with Crippen LogP contribution in [0.25, 0.3) is 0 Å². The molecule has 0 aliphatic carbocycles. The van der Waals surface area contributed by atoms with Crippen molar-refractivity contribution in [3.05, 3.63) is 133 Å². The minimum atomic E-state index is -0.466. The second-order valence-electron chi connectivity index (χ2n) is 8.97. The first-order valence-corrected chi connectivity index (χ1v) is 12.1.